The Balaban J connectivity index is 2.20. The third-order valence-electron chi connectivity index (χ3n) is 7.17. The second kappa shape index (κ2) is 3.17. The van der Waals surface area contributed by atoms with Crippen LogP contribution >= 0.6 is 0 Å². The smallest absolute Gasteiger partial charge is 0.0700 e. The maximum absolute atomic E-state index is 5.96. The van der Waals surface area contributed by atoms with Gasteiger partial charge in [0.25, 0.3) is 0 Å². The largest absolute Gasteiger partial charge is 0.380 e. The third kappa shape index (κ3) is 1.02. The Kier molecular flexibility index (Phi) is 2.20. The highest BCUT2D eigenvalue weighted by molar-refractivity contribution is 5.30. The lowest BCUT2D eigenvalue weighted by atomic mass is 9.59. The molecule has 0 aliphatic heterocycles. The van der Waals surface area contributed by atoms with Crippen LogP contribution in [0.3, 0.4) is 0 Å². The topological polar surface area (TPSA) is 9.23 Å². The minimum Gasteiger partial charge on any atom is -0.380 e. The van der Waals surface area contributed by atoms with Gasteiger partial charge < -0.3 is 4.74 Å². The Hall–Kier alpha value is -0.300. The van der Waals surface area contributed by atoms with Gasteiger partial charge in [-0.3, -0.25) is 0 Å². The van der Waals surface area contributed by atoms with Crippen molar-refractivity contribution < 1.29 is 4.74 Å². The monoisotopic (exact) mass is 234 g/mol. The Morgan fingerprint density at radius 2 is 1.82 bits per heavy atom. The van der Waals surface area contributed by atoms with Crippen molar-refractivity contribution in [1.82, 2.24) is 0 Å². The summed E-state index contributed by atoms with van der Waals surface area (Å²) in [7, 11) is 1.91. The molecule has 3 saturated carbocycles. The number of methoxy groups -OCH3 is 1. The number of rotatable bonds is 1. The minimum absolute atomic E-state index is 0.360. The van der Waals surface area contributed by atoms with E-state index in [9.17, 15) is 0 Å². The highest BCUT2D eigenvalue weighted by atomic mass is 16.5. The zero-order chi connectivity index (χ0) is 12.5. The molecule has 0 aromatic heterocycles. The summed E-state index contributed by atoms with van der Waals surface area (Å²) in [6.45, 7) is 11.9. The van der Waals surface area contributed by atoms with E-state index in [2.05, 4.69) is 27.4 Å². The fourth-order valence-electron chi connectivity index (χ4n) is 5.88. The van der Waals surface area contributed by atoms with Gasteiger partial charge in [-0.2, -0.15) is 0 Å². The van der Waals surface area contributed by atoms with Crippen LogP contribution in [0.5, 0.6) is 0 Å². The first-order valence-electron chi connectivity index (χ1n) is 7.11. The van der Waals surface area contributed by atoms with Gasteiger partial charge in [0.1, 0.15) is 0 Å². The van der Waals surface area contributed by atoms with Crippen molar-refractivity contribution >= 4 is 0 Å². The summed E-state index contributed by atoms with van der Waals surface area (Å²) < 4.78 is 5.96. The molecular weight excluding hydrogens is 208 g/mol. The predicted octanol–water partition coefficient (Wildman–Crippen LogP) is 4.18. The summed E-state index contributed by atoms with van der Waals surface area (Å²) in [5.74, 6) is 0.596. The lowest BCUT2D eigenvalue weighted by Crippen LogP contribution is -2.44. The summed E-state index contributed by atoms with van der Waals surface area (Å²) in [4.78, 5) is 0. The number of hydrogen-bond acceptors (Lipinski definition) is 1. The van der Waals surface area contributed by atoms with E-state index < -0.39 is 0 Å². The van der Waals surface area contributed by atoms with Crippen LogP contribution in [0.25, 0.3) is 0 Å². The van der Waals surface area contributed by atoms with Gasteiger partial charge in [-0.1, -0.05) is 39.3 Å². The minimum atomic E-state index is 0.360. The predicted molar refractivity (Wildman–Crippen MR) is 70.8 cm³/mol. The molecule has 0 unspecified atom stereocenters. The van der Waals surface area contributed by atoms with Crippen molar-refractivity contribution in [2.24, 2.45) is 22.2 Å². The first-order chi connectivity index (χ1) is 7.91. The lowest BCUT2D eigenvalue weighted by Gasteiger charge is -2.47. The van der Waals surface area contributed by atoms with Crippen LogP contribution in [0.2, 0.25) is 0 Å². The van der Waals surface area contributed by atoms with Gasteiger partial charge in [-0.15, -0.1) is 0 Å². The maximum Gasteiger partial charge on any atom is 0.0700 e. The van der Waals surface area contributed by atoms with Crippen molar-refractivity contribution in [3.05, 3.63) is 12.2 Å². The average molecular weight is 234 g/mol. The highest BCUT2D eigenvalue weighted by Crippen LogP contribution is 2.77. The van der Waals surface area contributed by atoms with Gasteiger partial charge in [0.15, 0.2) is 0 Å². The SMILES string of the molecule is C=C1CC[C@]2(C)[C@H](OC)[C@H]1[C@]1(C)CCC[C@@]12C. The van der Waals surface area contributed by atoms with E-state index in [0.717, 1.165) is 0 Å². The van der Waals surface area contributed by atoms with Crippen LogP contribution in [-0.2, 0) is 4.74 Å². The first-order valence-corrected chi connectivity index (χ1v) is 7.11. The quantitative estimate of drug-likeness (QED) is 0.618. The van der Waals surface area contributed by atoms with E-state index in [4.69, 9.17) is 4.74 Å². The van der Waals surface area contributed by atoms with Gasteiger partial charge in [0.05, 0.1) is 6.10 Å². The molecule has 1 nitrogen and oxygen atoms in total. The molecule has 3 fully saturated rings. The zero-order valence-electron chi connectivity index (χ0n) is 11.8. The molecule has 0 N–H and O–H groups in total. The summed E-state index contributed by atoms with van der Waals surface area (Å²) in [5, 5.41) is 0. The Labute approximate surface area is 106 Å². The van der Waals surface area contributed by atoms with Crippen molar-refractivity contribution in [2.75, 3.05) is 7.11 Å². The third-order valence-corrected chi connectivity index (χ3v) is 7.17. The molecule has 5 atom stereocenters. The molecule has 3 aliphatic rings. The lowest BCUT2D eigenvalue weighted by molar-refractivity contribution is -0.0581. The molecule has 3 rings (SSSR count). The zero-order valence-corrected chi connectivity index (χ0v) is 11.8. The fourth-order valence-corrected chi connectivity index (χ4v) is 5.88. The molecule has 1 heteroatoms. The average Bonchev–Trinajstić information content (AvgIpc) is 2.64. The van der Waals surface area contributed by atoms with E-state index in [1.807, 2.05) is 7.11 Å². The number of fused-ring (bicyclic) bond motifs is 5. The molecule has 96 valence electrons. The molecule has 0 spiro atoms. The van der Waals surface area contributed by atoms with Crippen molar-refractivity contribution in [3.8, 4) is 0 Å². The normalized spacial score (nSPS) is 57.3. The number of hydrogen-bond donors (Lipinski definition) is 0. The molecular formula is C16H26O. The summed E-state index contributed by atoms with van der Waals surface area (Å²) in [6, 6.07) is 0. The van der Waals surface area contributed by atoms with E-state index in [1.54, 1.807) is 0 Å². The summed E-state index contributed by atoms with van der Waals surface area (Å²) in [6.07, 6.45) is 7.02. The standard InChI is InChI=1S/C16H26O/c1-11-7-10-15(3)13(17-5)12(11)14(2)8-6-9-16(14,15)4/h12-13H,1,6-10H2,2-5H3/t12-,13+,14-,15+,16-/m0/s1. The van der Waals surface area contributed by atoms with Crippen LogP contribution in [0.4, 0.5) is 0 Å². The molecule has 17 heavy (non-hydrogen) atoms. The van der Waals surface area contributed by atoms with Gasteiger partial charge in [-0.05, 0) is 36.5 Å². The number of ether oxygens (including phenoxy) is 1. The van der Waals surface area contributed by atoms with Gasteiger partial charge >= 0.3 is 0 Å². The Morgan fingerprint density at radius 1 is 1.12 bits per heavy atom. The summed E-state index contributed by atoms with van der Waals surface area (Å²) >= 11 is 0. The van der Waals surface area contributed by atoms with Crippen LogP contribution in [-0.4, -0.2) is 13.2 Å². The molecule has 0 radical (unpaired) electrons. The van der Waals surface area contributed by atoms with Crippen LogP contribution in [0, 0.1) is 22.2 Å². The van der Waals surface area contributed by atoms with Gasteiger partial charge in [0, 0.05) is 18.4 Å². The Bertz CT molecular complexity index is 374. The van der Waals surface area contributed by atoms with E-state index in [1.165, 1.54) is 37.7 Å². The van der Waals surface area contributed by atoms with Crippen molar-refractivity contribution in [1.29, 1.82) is 0 Å². The molecule has 0 amide bonds. The highest BCUT2D eigenvalue weighted by Gasteiger charge is 2.73. The molecule has 0 heterocycles. The van der Waals surface area contributed by atoms with Crippen molar-refractivity contribution in [3.63, 3.8) is 0 Å². The molecule has 0 saturated heterocycles. The van der Waals surface area contributed by atoms with Crippen LogP contribution < -0.4 is 0 Å². The maximum atomic E-state index is 5.96. The first kappa shape index (κ1) is 11.8. The van der Waals surface area contributed by atoms with Crippen molar-refractivity contribution in [2.45, 2.75) is 59.0 Å². The van der Waals surface area contributed by atoms with E-state index in [-0.39, 0.29) is 0 Å². The van der Waals surface area contributed by atoms with Crippen LogP contribution in [0.1, 0.15) is 52.9 Å². The fraction of sp³-hybridized carbons (Fsp3) is 0.875. The molecule has 2 bridgehead atoms. The molecule has 3 aliphatic carbocycles. The van der Waals surface area contributed by atoms with Crippen LogP contribution in [0.15, 0.2) is 12.2 Å². The molecule has 0 aromatic carbocycles. The van der Waals surface area contributed by atoms with Gasteiger partial charge in [-0.25, -0.2) is 0 Å². The van der Waals surface area contributed by atoms with E-state index in [0.29, 0.717) is 28.3 Å². The molecule has 0 aromatic rings. The Morgan fingerprint density at radius 3 is 2.47 bits per heavy atom. The van der Waals surface area contributed by atoms with E-state index >= 15 is 0 Å². The summed E-state index contributed by atoms with van der Waals surface area (Å²) in [5.41, 5.74) is 2.70. The van der Waals surface area contributed by atoms with Gasteiger partial charge in [0.2, 0.25) is 0 Å². The second-order valence-corrected chi connectivity index (χ2v) is 7.31. The second-order valence-electron chi connectivity index (χ2n) is 7.31.